The SMILES string of the molecule is Cc1nc(CNC(=O)c2ccc3c(c2)CCN(C2CCC2)CC3)c(C)o1. The van der Waals surface area contributed by atoms with Crippen molar-refractivity contribution in [3.8, 4) is 0 Å². The van der Waals surface area contributed by atoms with E-state index in [1.807, 2.05) is 19.9 Å². The van der Waals surface area contributed by atoms with Gasteiger partial charge in [-0.05, 0) is 55.9 Å². The van der Waals surface area contributed by atoms with Crippen LogP contribution >= 0.6 is 0 Å². The molecule has 0 atom stereocenters. The molecular formula is C21H27N3O2. The highest BCUT2D eigenvalue weighted by Crippen LogP contribution is 2.27. The summed E-state index contributed by atoms with van der Waals surface area (Å²) in [7, 11) is 0. The van der Waals surface area contributed by atoms with Gasteiger partial charge in [0.25, 0.3) is 5.91 Å². The Morgan fingerprint density at radius 1 is 1.23 bits per heavy atom. The minimum Gasteiger partial charge on any atom is -0.446 e. The number of nitrogens with one attached hydrogen (secondary N) is 1. The standard InChI is InChI=1S/C21H27N3O2/c1-14-20(23-15(2)26-14)13-22-21(25)18-7-6-16-8-10-24(19-4-3-5-19)11-9-17(16)12-18/h6-7,12,19H,3-5,8-11,13H2,1-2H3,(H,22,25). The van der Waals surface area contributed by atoms with Crippen molar-refractivity contribution in [3.05, 3.63) is 52.2 Å². The van der Waals surface area contributed by atoms with Crippen LogP contribution in [0.1, 0.15) is 58.1 Å². The lowest BCUT2D eigenvalue weighted by atomic mass is 9.91. The fraction of sp³-hybridized carbons (Fsp3) is 0.524. The third kappa shape index (κ3) is 3.54. The summed E-state index contributed by atoms with van der Waals surface area (Å²) < 4.78 is 5.42. The summed E-state index contributed by atoms with van der Waals surface area (Å²) in [6.07, 6.45) is 6.21. The third-order valence-corrected chi connectivity index (χ3v) is 5.81. The van der Waals surface area contributed by atoms with Crippen molar-refractivity contribution < 1.29 is 9.21 Å². The highest BCUT2D eigenvalue weighted by atomic mass is 16.4. The average molecular weight is 353 g/mol. The van der Waals surface area contributed by atoms with Crippen LogP contribution in [0.5, 0.6) is 0 Å². The Bertz CT molecular complexity index is 808. The van der Waals surface area contributed by atoms with Crippen molar-refractivity contribution in [2.75, 3.05) is 13.1 Å². The zero-order valence-electron chi connectivity index (χ0n) is 15.7. The van der Waals surface area contributed by atoms with Gasteiger partial charge in [0.15, 0.2) is 5.89 Å². The molecule has 1 aromatic heterocycles. The monoisotopic (exact) mass is 353 g/mol. The Kier molecular flexibility index (Phi) is 4.81. The second kappa shape index (κ2) is 7.23. The molecule has 5 nitrogen and oxygen atoms in total. The summed E-state index contributed by atoms with van der Waals surface area (Å²) in [6, 6.07) is 6.96. The van der Waals surface area contributed by atoms with Crippen molar-refractivity contribution in [2.45, 2.75) is 58.5 Å². The Balaban J connectivity index is 1.41. The number of aromatic nitrogens is 1. The van der Waals surface area contributed by atoms with Gasteiger partial charge in [0.2, 0.25) is 0 Å². The van der Waals surface area contributed by atoms with E-state index < -0.39 is 0 Å². The number of fused-ring (bicyclic) bond motifs is 1. The summed E-state index contributed by atoms with van der Waals surface area (Å²) >= 11 is 0. The topological polar surface area (TPSA) is 58.4 Å². The molecule has 1 aromatic carbocycles. The van der Waals surface area contributed by atoms with Gasteiger partial charge in [-0.2, -0.15) is 0 Å². The predicted octanol–water partition coefficient (Wildman–Crippen LogP) is 3.17. The number of oxazole rings is 1. The summed E-state index contributed by atoms with van der Waals surface area (Å²) in [5, 5.41) is 2.97. The van der Waals surface area contributed by atoms with Crippen LogP contribution in [0.2, 0.25) is 0 Å². The summed E-state index contributed by atoms with van der Waals surface area (Å²) in [4.78, 5) is 19.5. The molecule has 4 rings (SSSR count). The molecule has 0 radical (unpaired) electrons. The largest absolute Gasteiger partial charge is 0.446 e. The Morgan fingerprint density at radius 3 is 2.65 bits per heavy atom. The second-order valence-electron chi connectivity index (χ2n) is 7.52. The molecule has 1 aliphatic carbocycles. The smallest absolute Gasteiger partial charge is 0.251 e. The second-order valence-corrected chi connectivity index (χ2v) is 7.52. The van der Waals surface area contributed by atoms with E-state index in [-0.39, 0.29) is 5.91 Å². The van der Waals surface area contributed by atoms with Gasteiger partial charge in [0.05, 0.1) is 6.54 Å². The van der Waals surface area contributed by atoms with Crippen LogP contribution in [0.15, 0.2) is 22.6 Å². The zero-order valence-corrected chi connectivity index (χ0v) is 15.7. The fourth-order valence-corrected chi connectivity index (χ4v) is 4.00. The molecule has 5 heteroatoms. The van der Waals surface area contributed by atoms with E-state index in [4.69, 9.17) is 4.42 Å². The van der Waals surface area contributed by atoms with Gasteiger partial charge in [0, 0.05) is 31.6 Å². The van der Waals surface area contributed by atoms with Crippen molar-refractivity contribution >= 4 is 5.91 Å². The van der Waals surface area contributed by atoms with E-state index in [1.54, 1.807) is 0 Å². The quantitative estimate of drug-likeness (QED) is 0.917. The fourth-order valence-electron chi connectivity index (χ4n) is 4.00. The van der Waals surface area contributed by atoms with Gasteiger partial charge >= 0.3 is 0 Å². The minimum atomic E-state index is -0.0482. The molecule has 1 saturated carbocycles. The first kappa shape index (κ1) is 17.3. The van der Waals surface area contributed by atoms with E-state index >= 15 is 0 Å². The zero-order chi connectivity index (χ0) is 18.1. The Labute approximate surface area is 154 Å². The molecule has 1 aliphatic heterocycles. The molecule has 0 unspecified atom stereocenters. The number of carbonyl (C=O) groups is 1. The molecule has 1 N–H and O–H groups in total. The van der Waals surface area contributed by atoms with Gasteiger partial charge in [-0.25, -0.2) is 4.98 Å². The maximum atomic E-state index is 12.6. The molecule has 0 spiro atoms. The molecule has 1 amide bonds. The van der Waals surface area contributed by atoms with Gasteiger partial charge in [0.1, 0.15) is 11.5 Å². The maximum absolute atomic E-state index is 12.6. The third-order valence-electron chi connectivity index (χ3n) is 5.81. The Hall–Kier alpha value is -2.14. The number of hydrogen-bond acceptors (Lipinski definition) is 4. The number of nitrogens with zero attached hydrogens (tertiary/aromatic N) is 2. The van der Waals surface area contributed by atoms with Crippen molar-refractivity contribution in [3.63, 3.8) is 0 Å². The molecular weight excluding hydrogens is 326 g/mol. The maximum Gasteiger partial charge on any atom is 0.251 e. The summed E-state index contributed by atoms with van der Waals surface area (Å²) in [5.41, 5.74) is 4.25. The molecule has 138 valence electrons. The van der Waals surface area contributed by atoms with Crippen LogP contribution in [-0.2, 0) is 19.4 Å². The summed E-state index contributed by atoms with van der Waals surface area (Å²) in [5.74, 6) is 1.35. The van der Waals surface area contributed by atoms with E-state index in [0.717, 1.165) is 49.0 Å². The van der Waals surface area contributed by atoms with Crippen LogP contribution in [-0.4, -0.2) is 34.9 Å². The first-order valence-corrected chi connectivity index (χ1v) is 9.67. The molecule has 26 heavy (non-hydrogen) atoms. The molecule has 2 heterocycles. The number of rotatable bonds is 4. The Morgan fingerprint density at radius 2 is 2.00 bits per heavy atom. The van der Waals surface area contributed by atoms with Crippen molar-refractivity contribution in [1.82, 2.24) is 15.2 Å². The average Bonchev–Trinajstić information content (AvgIpc) is 2.78. The molecule has 1 fully saturated rings. The molecule has 0 saturated heterocycles. The van der Waals surface area contributed by atoms with E-state index in [1.165, 1.54) is 30.4 Å². The van der Waals surface area contributed by atoms with Crippen LogP contribution in [0.3, 0.4) is 0 Å². The molecule has 2 aromatic rings. The normalized spacial score (nSPS) is 18.1. The predicted molar refractivity (Wildman–Crippen MR) is 100 cm³/mol. The van der Waals surface area contributed by atoms with Gasteiger partial charge in [-0.15, -0.1) is 0 Å². The number of hydrogen-bond donors (Lipinski definition) is 1. The summed E-state index contributed by atoms with van der Waals surface area (Å²) in [6.45, 7) is 6.35. The lowest BCUT2D eigenvalue weighted by Gasteiger charge is -2.36. The number of benzene rings is 1. The molecule has 2 aliphatic rings. The van der Waals surface area contributed by atoms with Gasteiger partial charge in [-0.1, -0.05) is 12.5 Å². The molecule has 0 bridgehead atoms. The van der Waals surface area contributed by atoms with Crippen molar-refractivity contribution in [2.24, 2.45) is 0 Å². The van der Waals surface area contributed by atoms with Gasteiger partial charge in [-0.3, -0.25) is 9.69 Å². The van der Waals surface area contributed by atoms with Gasteiger partial charge < -0.3 is 9.73 Å². The van der Waals surface area contributed by atoms with E-state index in [2.05, 4.69) is 27.3 Å². The van der Waals surface area contributed by atoms with E-state index in [0.29, 0.717) is 12.4 Å². The number of carbonyl (C=O) groups excluding carboxylic acids is 1. The highest BCUT2D eigenvalue weighted by Gasteiger charge is 2.26. The lowest BCUT2D eigenvalue weighted by molar-refractivity contribution is 0.0950. The minimum absolute atomic E-state index is 0.0482. The van der Waals surface area contributed by atoms with Crippen LogP contribution < -0.4 is 5.32 Å². The van der Waals surface area contributed by atoms with Crippen LogP contribution in [0, 0.1) is 13.8 Å². The first-order chi connectivity index (χ1) is 12.6. The highest BCUT2D eigenvalue weighted by molar-refractivity contribution is 5.94. The van der Waals surface area contributed by atoms with E-state index in [9.17, 15) is 4.79 Å². The number of amides is 1. The van der Waals surface area contributed by atoms with Crippen molar-refractivity contribution in [1.29, 1.82) is 0 Å². The number of aryl methyl sites for hydroxylation is 2. The van der Waals surface area contributed by atoms with Crippen LogP contribution in [0.25, 0.3) is 0 Å². The van der Waals surface area contributed by atoms with Crippen LogP contribution in [0.4, 0.5) is 0 Å². The first-order valence-electron chi connectivity index (χ1n) is 9.67. The lowest BCUT2D eigenvalue weighted by Crippen LogP contribution is -2.41.